The second kappa shape index (κ2) is 8.12. The topological polar surface area (TPSA) is 46.6 Å². The molecule has 0 aliphatic rings. The van der Waals surface area contributed by atoms with E-state index in [2.05, 4.69) is 0 Å². The van der Waals surface area contributed by atoms with Gasteiger partial charge in [-0.3, -0.25) is 9.59 Å². The van der Waals surface area contributed by atoms with Gasteiger partial charge in [0.15, 0.2) is 0 Å². The van der Waals surface area contributed by atoms with Gasteiger partial charge >= 0.3 is 5.97 Å². The molecule has 0 aliphatic heterocycles. The quantitative estimate of drug-likeness (QED) is 0.758. The number of esters is 1. The van der Waals surface area contributed by atoms with Gasteiger partial charge in [-0.1, -0.05) is 29.3 Å². The summed E-state index contributed by atoms with van der Waals surface area (Å²) in [5.41, 5.74) is 0.785. The van der Waals surface area contributed by atoms with E-state index in [1.54, 1.807) is 32.2 Å². The van der Waals surface area contributed by atoms with E-state index in [0.29, 0.717) is 23.2 Å². The van der Waals surface area contributed by atoms with Gasteiger partial charge in [-0.15, -0.1) is 0 Å². The van der Waals surface area contributed by atoms with E-state index < -0.39 is 0 Å². The van der Waals surface area contributed by atoms with Crippen LogP contribution in [0.1, 0.15) is 18.9 Å². The number of nitrogens with zero attached hydrogens (tertiary/aromatic N) is 1. The fraction of sp³-hybridized carbons (Fsp3) is 0.429. The zero-order chi connectivity index (χ0) is 15.1. The van der Waals surface area contributed by atoms with Crippen LogP contribution in [0.4, 0.5) is 0 Å². The lowest BCUT2D eigenvalue weighted by molar-refractivity contribution is -0.143. The van der Waals surface area contributed by atoms with E-state index in [4.69, 9.17) is 27.9 Å². The molecule has 0 aliphatic carbocycles. The summed E-state index contributed by atoms with van der Waals surface area (Å²) in [4.78, 5) is 24.7. The lowest BCUT2D eigenvalue weighted by Crippen LogP contribution is -2.30. The lowest BCUT2D eigenvalue weighted by Gasteiger charge is -2.16. The summed E-state index contributed by atoms with van der Waals surface area (Å²) in [7, 11) is 1.65. The summed E-state index contributed by atoms with van der Waals surface area (Å²) in [6, 6.07) is 5.08. The first-order valence-electron chi connectivity index (χ1n) is 6.27. The number of rotatable bonds is 6. The minimum Gasteiger partial charge on any atom is -0.466 e. The minimum atomic E-state index is -0.304. The Bertz CT molecular complexity index is 491. The number of hydrogen-bond acceptors (Lipinski definition) is 3. The fourth-order valence-corrected chi connectivity index (χ4v) is 1.90. The number of benzene rings is 1. The summed E-state index contributed by atoms with van der Waals surface area (Å²) in [6.45, 7) is 2.43. The van der Waals surface area contributed by atoms with Crippen LogP contribution < -0.4 is 0 Å². The summed E-state index contributed by atoms with van der Waals surface area (Å²) < 4.78 is 4.81. The average Bonchev–Trinajstić information content (AvgIpc) is 2.40. The Morgan fingerprint density at radius 2 is 1.95 bits per heavy atom. The number of carbonyl (C=O) groups is 2. The van der Waals surface area contributed by atoms with Crippen LogP contribution in [0.2, 0.25) is 10.0 Å². The van der Waals surface area contributed by atoms with Crippen LogP contribution in [0.25, 0.3) is 0 Å². The monoisotopic (exact) mass is 317 g/mol. The second-order valence-corrected chi connectivity index (χ2v) is 5.11. The van der Waals surface area contributed by atoms with Crippen molar-refractivity contribution < 1.29 is 14.3 Å². The summed E-state index contributed by atoms with van der Waals surface area (Å²) in [6.07, 6.45) is 0.410. The van der Waals surface area contributed by atoms with Crippen molar-refractivity contribution in [1.29, 1.82) is 0 Å². The van der Waals surface area contributed by atoms with Gasteiger partial charge in [0.2, 0.25) is 5.91 Å². The van der Waals surface area contributed by atoms with Gasteiger partial charge < -0.3 is 9.64 Å². The van der Waals surface area contributed by atoms with E-state index in [-0.39, 0.29) is 24.7 Å². The molecule has 0 unspecified atom stereocenters. The van der Waals surface area contributed by atoms with Crippen LogP contribution in [0.3, 0.4) is 0 Å². The Hall–Kier alpha value is -1.26. The first kappa shape index (κ1) is 16.8. The van der Waals surface area contributed by atoms with Crippen molar-refractivity contribution in [2.24, 2.45) is 0 Å². The molecule has 0 radical (unpaired) electrons. The molecule has 0 atom stereocenters. The van der Waals surface area contributed by atoms with Crippen LogP contribution in [-0.4, -0.2) is 37.0 Å². The van der Waals surface area contributed by atoms with E-state index in [1.165, 1.54) is 4.90 Å². The highest BCUT2D eigenvalue weighted by Crippen LogP contribution is 2.22. The van der Waals surface area contributed by atoms with E-state index in [0.717, 1.165) is 5.56 Å². The van der Waals surface area contributed by atoms with Gasteiger partial charge in [-0.25, -0.2) is 0 Å². The maximum Gasteiger partial charge on any atom is 0.307 e. The number of carbonyl (C=O) groups excluding carboxylic acids is 2. The normalized spacial score (nSPS) is 10.2. The van der Waals surface area contributed by atoms with E-state index in [9.17, 15) is 9.59 Å². The zero-order valence-corrected chi connectivity index (χ0v) is 13.0. The maximum absolute atomic E-state index is 12.0. The number of hydrogen-bond donors (Lipinski definition) is 0. The molecule has 0 aromatic heterocycles. The molecule has 1 aromatic carbocycles. The van der Waals surface area contributed by atoms with Crippen molar-refractivity contribution in [3.05, 3.63) is 33.8 Å². The number of amides is 1. The van der Waals surface area contributed by atoms with Gasteiger partial charge in [0, 0.05) is 13.6 Å². The molecule has 0 spiro atoms. The highest BCUT2D eigenvalue weighted by molar-refractivity contribution is 6.42. The molecule has 4 nitrogen and oxygen atoms in total. The van der Waals surface area contributed by atoms with Gasteiger partial charge in [0.05, 0.1) is 29.5 Å². The van der Waals surface area contributed by atoms with Crippen molar-refractivity contribution in [3.8, 4) is 0 Å². The highest BCUT2D eigenvalue weighted by Gasteiger charge is 2.12. The molecule has 0 saturated carbocycles. The van der Waals surface area contributed by atoms with Crippen molar-refractivity contribution in [3.63, 3.8) is 0 Å². The molecule has 1 aromatic rings. The largest absolute Gasteiger partial charge is 0.466 e. The van der Waals surface area contributed by atoms with Crippen LogP contribution >= 0.6 is 23.2 Å². The fourth-order valence-electron chi connectivity index (χ4n) is 1.58. The molecule has 1 rings (SSSR count). The van der Waals surface area contributed by atoms with Crippen molar-refractivity contribution in [1.82, 2.24) is 4.90 Å². The van der Waals surface area contributed by atoms with Crippen LogP contribution in [0, 0.1) is 0 Å². The Morgan fingerprint density at radius 3 is 2.55 bits per heavy atom. The van der Waals surface area contributed by atoms with Crippen LogP contribution in [-0.2, 0) is 20.7 Å². The Labute approximate surface area is 128 Å². The third-order valence-electron chi connectivity index (χ3n) is 2.72. The van der Waals surface area contributed by atoms with Gasteiger partial charge in [-0.2, -0.15) is 0 Å². The predicted molar refractivity (Wildman–Crippen MR) is 79.1 cm³/mol. The molecule has 0 heterocycles. The smallest absolute Gasteiger partial charge is 0.307 e. The first-order valence-corrected chi connectivity index (χ1v) is 7.03. The maximum atomic E-state index is 12.0. The minimum absolute atomic E-state index is 0.0901. The molecule has 1 amide bonds. The number of ether oxygens (including phenoxy) is 1. The Morgan fingerprint density at radius 1 is 1.25 bits per heavy atom. The third kappa shape index (κ3) is 5.39. The number of halogens is 2. The average molecular weight is 318 g/mol. The van der Waals surface area contributed by atoms with Gasteiger partial charge in [0.25, 0.3) is 0 Å². The molecule has 110 valence electrons. The molecule has 0 N–H and O–H groups in total. The Balaban J connectivity index is 2.48. The SMILES string of the molecule is CCOC(=O)CCN(C)C(=O)Cc1ccc(Cl)c(Cl)c1. The van der Waals surface area contributed by atoms with E-state index >= 15 is 0 Å². The second-order valence-electron chi connectivity index (χ2n) is 4.30. The van der Waals surface area contributed by atoms with Gasteiger partial charge in [0.1, 0.15) is 0 Å². The molecule has 6 heteroatoms. The standard InChI is InChI=1S/C14H17Cl2NO3/c1-3-20-14(19)6-7-17(2)13(18)9-10-4-5-11(15)12(16)8-10/h4-5,8H,3,6-7,9H2,1-2H3. The van der Waals surface area contributed by atoms with E-state index in [1.807, 2.05) is 0 Å². The first-order chi connectivity index (χ1) is 9.43. The summed E-state index contributed by atoms with van der Waals surface area (Å²) >= 11 is 11.7. The summed E-state index contributed by atoms with van der Waals surface area (Å²) in [5, 5.41) is 0.879. The highest BCUT2D eigenvalue weighted by atomic mass is 35.5. The predicted octanol–water partition coefficient (Wildman–Crippen LogP) is 2.95. The molecule has 0 saturated heterocycles. The van der Waals surface area contributed by atoms with Crippen molar-refractivity contribution in [2.75, 3.05) is 20.2 Å². The molecule has 20 heavy (non-hydrogen) atoms. The molecular formula is C14H17Cl2NO3. The van der Waals surface area contributed by atoms with Crippen molar-refractivity contribution >= 4 is 35.1 Å². The van der Waals surface area contributed by atoms with Gasteiger partial charge in [-0.05, 0) is 24.6 Å². The van der Waals surface area contributed by atoms with Crippen LogP contribution in [0.15, 0.2) is 18.2 Å². The van der Waals surface area contributed by atoms with Crippen LogP contribution in [0.5, 0.6) is 0 Å². The molecular weight excluding hydrogens is 301 g/mol. The molecule has 0 fully saturated rings. The zero-order valence-electron chi connectivity index (χ0n) is 11.5. The summed E-state index contributed by atoms with van der Waals surface area (Å²) in [5.74, 6) is -0.394. The molecule has 0 bridgehead atoms. The third-order valence-corrected chi connectivity index (χ3v) is 3.46. The number of likely N-dealkylation sites (N-methyl/N-ethyl adjacent to an activating group) is 1. The lowest BCUT2D eigenvalue weighted by atomic mass is 10.1. The Kier molecular flexibility index (Phi) is 6.82. The van der Waals surface area contributed by atoms with Crippen molar-refractivity contribution in [2.45, 2.75) is 19.8 Å².